The van der Waals surface area contributed by atoms with Crippen LogP contribution >= 0.6 is 23.1 Å². The van der Waals surface area contributed by atoms with Gasteiger partial charge < -0.3 is 14.8 Å². The zero-order chi connectivity index (χ0) is 18.6. The normalized spacial score (nSPS) is 13.2. The second kappa shape index (κ2) is 8.01. The predicted octanol–water partition coefficient (Wildman–Crippen LogP) is 3.43. The molecule has 0 saturated heterocycles. The molecule has 0 amide bonds. The van der Waals surface area contributed by atoms with Crippen LogP contribution in [0.2, 0.25) is 0 Å². The van der Waals surface area contributed by atoms with Crippen molar-refractivity contribution in [2.45, 2.75) is 17.3 Å². The summed E-state index contributed by atoms with van der Waals surface area (Å²) in [6, 6.07) is 9.53. The van der Waals surface area contributed by atoms with E-state index in [4.69, 9.17) is 9.47 Å². The van der Waals surface area contributed by atoms with E-state index in [2.05, 4.69) is 21.6 Å². The summed E-state index contributed by atoms with van der Waals surface area (Å²) >= 11 is 3.17. The van der Waals surface area contributed by atoms with Gasteiger partial charge in [0.25, 0.3) is 5.56 Å². The number of ether oxygens (including phenoxy) is 2. The third-order valence-corrected chi connectivity index (χ3v) is 6.09. The number of hydrogen-bond donors (Lipinski definition) is 1. The Morgan fingerprint density at radius 2 is 2.07 bits per heavy atom. The molecule has 3 aromatic rings. The van der Waals surface area contributed by atoms with Crippen molar-refractivity contribution < 1.29 is 9.47 Å². The van der Waals surface area contributed by atoms with Gasteiger partial charge in [0.05, 0.1) is 13.2 Å². The zero-order valence-corrected chi connectivity index (χ0v) is 16.3. The molecule has 1 N–H and O–H groups in total. The van der Waals surface area contributed by atoms with Crippen LogP contribution in [0.25, 0.3) is 0 Å². The molecule has 0 radical (unpaired) electrons. The van der Waals surface area contributed by atoms with Gasteiger partial charge in [0.1, 0.15) is 0 Å². The van der Waals surface area contributed by atoms with E-state index in [0.29, 0.717) is 35.6 Å². The van der Waals surface area contributed by atoms with Crippen LogP contribution in [0.3, 0.4) is 0 Å². The van der Waals surface area contributed by atoms with Gasteiger partial charge in [-0.05, 0) is 23.6 Å². The number of fused-ring (bicyclic) bond motifs is 1. The second-order valence-electron chi connectivity index (χ2n) is 5.90. The summed E-state index contributed by atoms with van der Waals surface area (Å²) in [5, 5.41) is 13.9. The minimum Gasteiger partial charge on any atom is -0.490 e. The lowest BCUT2D eigenvalue weighted by molar-refractivity contribution is 0.297. The average Bonchev–Trinajstić information content (AvgIpc) is 3.09. The van der Waals surface area contributed by atoms with Gasteiger partial charge in [-0.1, -0.05) is 17.8 Å². The highest BCUT2D eigenvalue weighted by Gasteiger charge is 2.14. The van der Waals surface area contributed by atoms with Gasteiger partial charge in [0, 0.05) is 35.9 Å². The lowest BCUT2D eigenvalue weighted by Crippen LogP contribution is -2.24. The van der Waals surface area contributed by atoms with Gasteiger partial charge in [-0.15, -0.1) is 21.5 Å². The number of hydrogen-bond acceptors (Lipinski definition) is 8. The Bertz CT molecular complexity index is 989. The zero-order valence-electron chi connectivity index (χ0n) is 14.7. The van der Waals surface area contributed by atoms with Gasteiger partial charge in [0.2, 0.25) is 5.82 Å². The van der Waals surface area contributed by atoms with Crippen LogP contribution < -0.4 is 20.3 Å². The van der Waals surface area contributed by atoms with E-state index in [1.807, 2.05) is 23.6 Å². The molecule has 3 heterocycles. The van der Waals surface area contributed by atoms with Crippen molar-refractivity contribution in [2.24, 2.45) is 7.05 Å². The van der Waals surface area contributed by atoms with Crippen LogP contribution in [0.5, 0.6) is 11.5 Å². The largest absolute Gasteiger partial charge is 0.490 e. The fourth-order valence-electron chi connectivity index (χ4n) is 2.56. The number of nitrogens with zero attached hydrogens (tertiary/aromatic N) is 3. The van der Waals surface area contributed by atoms with E-state index in [1.165, 1.54) is 21.2 Å². The molecule has 1 aliphatic rings. The molecule has 0 saturated carbocycles. The van der Waals surface area contributed by atoms with Crippen molar-refractivity contribution in [2.75, 3.05) is 18.5 Å². The molecule has 0 atom stereocenters. The molecule has 4 rings (SSSR count). The van der Waals surface area contributed by atoms with Gasteiger partial charge >= 0.3 is 0 Å². The standard InChI is InChI=1S/C18H18N4O3S2/c1-22-17(23)16(20-21-18(22)27-11-13-4-2-9-26-13)19-12-5-6-14-15(10-12)25-8-3-7-24-14/h2,4-6,9-10H,3,7-8,11H2,1H3,(H,19,20). The van der Waals surface area contributed by atoms with E-state index >= 15 is 0 Å². The molecule has 27 heavy (non-hydrogen) atoms. The van der Waals surface area contributed by atoms with Gasteiger partial charge in [-0.25, -0.2) is 0 Å². The van der Waals surface area contributed by atoms with Crippen molar-refractivity contribution in [1.29, 1.82) is 0 Å². The topological polar surface area (TPSA) is 78.3 Å². The number of thioether (sulfide) groups is 1. The molecule has 0 bridgehead atoms. The van der Waals surface area contributed by atoms with Crippen molar-refractivity contribution in [3.63, 3.8) is 0 Å². The highest BCUT2D eigenvalue weighted by atomic mass is 32.2. The first-order valence-corrected chi connectivity index (χ1v) is 10.3. The smallest absolute Gasteiger partial charge is 0.297 e. The molecule has 9 heteroatoms. The van der Waals surface area contributed by atoms with Crippen LogP contribution in [-0.2, 0) is 12.8 Å². The molecule has 2 aromatic heterocycles. The quantitative estimate of drug-likeness (QED) is 0.655. The Morgan fingerprint density at radius 1 is 1.22 bits per heavy atom. The summed E-state index contributed by atoms with van der Waals surface area (Å²) in [6.45, 7) is 1.24. The first-order valence-electron chi connectivity index (χ1n) is 8.46. The molecule has 1 aromatic carbocycles. The lowest BCUT2D eigenvalue weighted by atomic mass is 10.2. The summed E-state index contributed by atoms with van der Waals surface area (Å²) in [5.41, 5.74) is 0.468. The second-order valence-corrected chi connectivity index (χ2v) is 7.88. The third kappa shape index (κ3) is 4.09. The van der Waals surface area contributed by atoms with Crippen LogP contribution in [0.15, 0.2) is 45.7 Å². The number of aromatic nitrogens is 3. The van der Waals surface area contributed by atoms with Crippen molar-refractivity contribution in [1.82, 2.24) is 14.8 Å². The van der Waals surface area contributed by atoms with E-state index in [1.54, 1.807) is 24.5 Å². The van der Waals surface area contributed by atoms with Crippen LogP contribution in [0.1, 0.15) is 11.3 Å². The maximum absolute atomic E-state index is 12.6. The van der Waals surface area contributed by atoms with Crippen LogP contribution in [0, 0.1) is 0 Å². The lowest BCUT2D eigenvalue weighted by Gasteiger charge is -2.11. The fourth-order valence-corrected chi connectivity index (χ4v) is 4.24. The van der Waals surface area contributed by atoms with Gasteiger partial charge in [-0.3, -0.25) is 9.36 Å². The summed E-state index contributed by atoms with van der Waals surface area (Å²) in [7, 11) is 1.70. The Labute approximate surface area is 164 Å². The Kier molecular flexibility index (Phi) is 5.30. The molecule has 1 aliphatic heterocycles. The molecular weight excluding hydrogens is 384 g/mol. The summed E-state index contributed by atoms with van der Waals surface area (Å²) in [4.78, 5) is 13.9. The maximum atomic E-state index is 12.6. The Hall–Kier alpha value is -2.52. The van der Waals surface area contributed by atoms with Crippen LogP contribution in [-0.4, -0.2) is 28.0 Å². The summed E-state index contributed by atoms with van der Waals surface area (Å²) in [5.74, 6) is 2.30. The average molecular weight is 403 g/mol. The molecule has 7 nitrogen and oxygen atoms in total. The first kappa shape index (κ1) is 17.9. The first-order chi connectivity index (χ1) is 13.2. The van der Waals surface area contributed by atoms with Crippen LogP contribution in [0.4, 0.5) is 11.5 Å². The maximum Gasteiger partial charge on any atom is 0.297 e. The van der Waals surface area contributed by atoms with E-state index < -0.39 is 0 Å². The third-order valence-electron chi connectivity index (χ3n) is 3.96. The number of anilines is 2. The molecule has 0 spiro atoms. The van der Waals surface area contributed by atoms with Gasteiger partial charge in [-0.2, -0.15) is 0 Å². The Morgan fingerprint density at radius 3 is 2.89 bits per heavy atom. The van der Waals surface area contributed by atoms with Crippen molar-refractivity contribution in [3.05, 3.63) is 50.9 Å². The highest BCUT2D eigenvalue weighted by Crippen LogP contribution is 2.32. The Balaban J connectivity index is 1.51. The molecule has 0 aliphatic carbocycles. The van der Waals surface area contributed by atoms with Gasteiger partial charge in [0.15, 0.2) is 16.7 Å². The molecular formula is C18H18N4O3S2. The van der Waals surface area contributed by atoms with E-state index in [-0.39, 0.29) is 11.4 Å². The monoisotopic (exact) mass is 402 g/mol. The summed E-state index contributed by atoms with van der Waals surface area (Å²) in [6.07, 6.45) is 0.841. The highest BCUT2D eigenvalue weighted by molar-refractivity contribution is 7.98. The van der Waals surface area contributed by atoms with E-state index in [9.17, 15) is 4.79 Å². The van der Waals surface area contributed by atoms with Crippen molar-refractivity contribution >= 4 is 34.6 Å². The minimum atomic E-state index is -0.231. The predicted molar refractivity (Wildman–Crippen MR) is 106 cm³/mol. The minimum absolute atomic E-state index is 0.174. The number of benzene rings is 1. The number of nitrogens with one attached hydrogen (secondary N) is 1. The molecule has 140 valence electrons. The van der Waals surface area contributed by atoms with E-state index in [0.717, 1.165) is 12.2 Å². The molecule has 0 fully saturated rings. The number of thiophene rings is 1. The fraction of sp³-hybridized carbons (Fsp3) is 0.278. The summed E-state index contributed by atoms with van der Waals surface area (Å²) < 4.78 is 12.8. The SMILES string of the molecule is Cn1c(SCc2cccs2)nnc(Nc2ccc3c(c2)OCCCO3)c1=O. The van der Waals surface area contributed by atoms with Crippen molar-refractivity contribution in [3.8, 4) is 11.5 Å². The number of rotatable bonds is 5. The molecule has 0 unspecified atom stereocenters.